The molecule has 2 aromatic rings. The van der Waals surface area contributed by atoms with Crippen LogP contribution in [0.5, 0.6) is 0 Å². The predicted molar refractivity (Wildman–Crippen MR) is 112 cm³/mol. The molecule has 5 nitrogen and oxygen atoms in total. The molecule has 1 fully saturated rings. The van der Waals surface area contributed by atoms with Crippen molar-refractivity contribution in [3.8, 4) is 0 Å². The predicted octanol–water partition coefficient (Wildman–Crippen LogP) is 4.48. The Hall–Kier alpha value is -2.34. The summed E-state index contributed by atoms with van der Waals surface area (Å²) < 4.78 is 28.4. The molecule has 0 saturated heterocycles. The number of carbonyl (C=O) groups excluding carboxylic acids is 1. The van der Waals surface area contributed by atoms with Gasteiger partial charge >= 0.3 is 0 Å². The number of aryl methyl sites for hydroxylation is 3. The Balaban J connectivity index is 1.84. The van der Waals surface area contributed by atoms with Gasteiger partial charge in [-0.15, -0.1) is 0 Å². The first kappa shape index (κ1) is 20.4. The van der Waals surface area contributed by atoms with E-state index in [9.17, 15) is 13.2 Å². The zero-order valence-corrected chi connectivity index (χ0v) is 17.5. The van der Waals surface area contributed by atoms with Crippen LogP contribution >= 0.6 is 0 Å². The first-order chi connectivity index (χ1) is 13.3. The van der Waals surface area contributed by atoms with Gasteiger partial charge in [-0.3, -0.25) is 9.52 Å². The molecule has 2 aromatic carbocycles. The SMILES string of the molecule is Cc1ccc(C)c(NS(=O)(=O)c2ccc(C)c(C(=O)NC3CCCCC3)c2)c1. The van der Waals surface area contributed by atoms with Gasteiger partial charge in [0.05, 0.1) is 10.6 Å². The lowest BCUT2D eigenvalue weighted by Crippen LogP contribution is -2.36. The Morgan fingerprint density at radius 2 is 1.61 bits per heavy atom. The molecule has 2 N–H and O–H groups in total. The highest BCUT2D eigenvalue weighted by molar-refractivity contribution is 7.92. The molecule has 3 rings (SSSR count). The average molecular weight is 401 g/mol. The molecule has 1 aliphatic carbocycles. The summed E-state index contributed by atoms with van der Waals surface area (Å²) in [7, 11) is -3.79. The Labute approximate surface area is 167 Å². The van der Waals surface area contributed by atoms with Crippen LogP contribution in [0.25, 0.3) is 0 Å². The second-order valence-electron chi connectivity index (χ2n) is 7.71. The van der Waals surface area contributed by atoms with Gasteiger partial charge < -0.3 is 5.32 Å². The number of anilines is 1. The van der Waals surface area contributed by atoms with Crippen molar-refractivity contribution in [2.75, 3.05) is 4.72 Å². The molecule has 0 heterocycles. The van der Waals surface area contributed by atoms with Crippen molar-refractivity contribution in [1.82, 2.24) is 5.32 Å². The number of benzene rings is 2. The molecule has 0 unspecified atom stereocenters. The van der Waals surface area contributed by atoms with E-state index in [0.717, 1.165) is 42.4 Å². The number of amides is 1. The fourth-order valence-corrected chi connectivity index (χ4v) is 4.72. The molecule has 0 bridgehead atoms. The van der Waals surface area contributed by atoms with E-state index in [1.807, 2.05) is 32.9 Å². The van der Waals surface area contributed by atoms with Crippen molar-refractivity contribution < 1.29 is 13.2 Å². The standard InChI is InChI=1S/C22H28N2O3S/c1-15-9-10-17(3)21(13-15)24-28(26,27)19-12-11-16(2)20(14-19)22(25)23-18-7-5-4-6-8-18/h9-14,18,24H,4-8H2,1-3H3,(H,23,25). The van der Waals surface area contributed by atoms with E-state index in [0.29, 0.717) is 11.3 Å². The maximum absolute atomic E-state index is 12.9. The van der Waals surface area contributed by atoms with Crippen molar-refractivity contribution in [2.24, 2.45) is 0 Å². The van der Waals surface area contributed by atoms with Gasteiger partial charge in [0, 0.05) is 11.6 Å². The highest BCUT2D eigenvalue weighted by Gasteiger charge is 2.21. The summed E-state index contributed by atoms with van der Waals surface area (Å²) >= 11 is 0. The highest BCUT2D eigenvalue weighted by atomic mass is 32.2. The summed E-state index contributed by atoms with van der Waals surface area (Å²) in [6.45, 7) is 5.59. The molecule has 0 radical (unpaired) electrons. The molecular formula is C22H28N2O3S. The van der Waals surface area contributed by atoms with E-state index in [1.54, 1.807) is 18.2 Å². The zero-order chi connectivity index (χ0) is 20.3. The quantitative estimate of drug-likeness (QED) is 0.777. The summed E-state index contributed by atoms with van der Waals surface area (Å²) in [5.74, 6) is -0.201. The zero-order valence-electron chi connectivity index (χ0n) is 16.7. The molecule has 0 atom stereocenters. The fourth-order valence-electron chi connectivity index (χ4n) is 3.57. The molecule has 150 valence electrons. The first-order valence-electron chi connectivity index (χ1n) is 9.78. The summed E-state index contributed by atoms with van der Waals surface area (Å²) in [5.41, 5.74) is 3.54. The largest absolute Gasteiger partial charge is 0.349 e. The third-order valence-electron chi connectivity index (χ3n) is 5.34. The van der Waals surface area contributed by atoms with Gasteiger partial charge in [-0.2, -0.15) is 0 Å². The van der Waals surface area contributed by atoms with Crippen molar-refractivity contribution in [3.63, 3.8) is 0 Å². The van der Waals surface area contributed by atoms with Crippen LogP contribution in [0.4, 0.5) is 5.69 Å². The number of hydrogen-bond donors (Lipinski definition) is 2. The molecule has 0 aliphatic heterocycles. The second kappa shape index (κ2) is 8.35. The average Bonchev–Trinajstić information content (AvgIpc) is 2.65. The molecule has 0 aromatic heterocycles. The maximum Gasteiger partial charge on any atom is 0.261 e. The summed E-state index contributed by atoms with van der Waals surface area (Å²) in [6, 6.07) is 10.5. The van der Waals surface area contributed by atoms with Gasteiger partial charge in [0.25, 0.3) is 15.9 Å². The normalized spacial score (nSPS) is 15.2. The minimum atomic E-state index is -3.79. The Kier molecular flexibility index (Phi) is 6.08. The van der Waals surface area contributed by atoms with Crippen LogP contribution in [-0.2, 0) is 10.0 Å². The monoisotopic (exact) mass is 400 g/mol. The molecule has 28 heavy (non-hydrogen) atoms. The number of rotatable bonds is 5. The summed E-state index contributed by atoms with van der Waals surface area (Å²) in [4.78, 5) is 12.8. The van der Waals surface area contributed by atoms with Gasteiger partial charge in [0.1, 0.15) is 0 Å². The molecule has 6 heteroatoms. The van der Waals surface area contributed by atoms with E-state index >= 15 is 0 Å². The number of sulfonamides is 1. The van der Waals surface area contributed by atoms with E-state index in [-0.39, 0.29) is 16.8 Å². The number of carbonyl (C=O) groups is 1. The van der Waals surface area contributed by atoms with E-state index in [2.05, 4.69) is 10.0 Å². The smallest absolute Gasteiger partial charge is 0.261 e. The number of hydrogen-bond acceptors (Lipinski definition) is 3. The maximum atomic E-state index is 12.9. The van der Waals surface area contributed by atoms with Gasteiger partial charge in [0.2, 0.25) is 0 Å². The van der Waals surface area contributed by atoms with Crippen LogP contribution in [-0.4, -0.2) is 20.4 Å². The van der Waals surface area contributed by atoms with E-state index in [1.165, 1.54) is 12.5 Å². The van der Waals surface area contributed by atoms with Gasteiger partial charge in [0.15, 0.2) is 0 Å². The molecule has 1 aliphatic rings. The highest BCUT2D eigenvalue weighted by Crippen LogP contribution is 2.23. The van der Waals surface area contributed by atoms with Gasteiger partial charge in [-0.05, 0) is 68.5 Å². The summed E-state index contributed by atoms with van der Waals surface area (Å²) in [5, 5.41) is 3.07. The third kappa shape index (κ3) is 4.73. The topological polar surface area (TPSA) is 75.3 Å². The van der Waals surface area contributed by atoms with E-state index in [4.69, 9.17) is 0 Å². The third-order valence-corrected chi connectivity index (χ3v) is 6.70. The van der Waals surface area contributed by atoms with E-state index < -0.39 is 10.0 Å². The van der Waals surface area contributed by atoms with Crippen LogP contribution in [0.15, 0.2) is 41.3 Å². The molecule has 1 amide bonds. The Morgan fingerprint density at radius 3 is 2.32 bits per heavy atom. The van der Waals surface area contributed by atoms with Crippen molar-refractivity contribution in [1.29, 1.82) is 0 Å². The van der Waals surface area contributed by atoms with Gasteiger partial charge in [-0.1, -0.05) is 37.5 Å². The molecule has 0 spiro atoms. The van der Waals surface area contributed by atoms with Crippen molar-refractivity contribution in [2.45, 2.75) is 63.8 Å². The number of nitrogens with one attached hydrogen (secondary N) is 2. The van der Waals surface area contributed by atoms with Crippen LogP contribution < -0.4 is 10.0 Å². The second-order valence-corrected chi connectivity index (χ2v) is 9.39. The molecular weight excluding hydrogens is 372 g/mol. The van der Waals surface area contributed by atoms with Crippen LogP contribution in [0, 0.1) is 20.8 Å². The van der Waals surface area contributed by atoms with Gasteiger partial charge in [-0.25, -0.2) is 8.42 Å². The lowest BCUT2D eigenvalue weighted by Gasteiger charge is -2.23. The lowest BCUT2D eigenvalue weighted by molar-refractivity contribution is 0.0927. The lowest BCUT2D eigenvalue weighted by atomic mass is 9.95. The molecule has 1 saturated carbocycles. The minimum absolute atomic E-state index is 0.0906. The van der Waals surface area contributed by atoms with Crippen LogP contribution in [0.3, 0.4) is 0 Å². The first-order valence-corrected chi connectivity index (χ1v) is 11.3. The van der Waals surface area contributed by atoms with Crippen molar-refractivity contribution >= 4 is 21.6 Å². The van der Waals surface area contributed by atoms with Crippen LogP contribution in [0.2, 0.25) is 0 Å². The van der Waals surface area contributed by atoms with Crippen LogP contribution in [0.1, 0.15) is 59.2 Å². The summed E-state index contributed by atoms with van der Waals surface area (Å²) in [6.07, 6.45) is 5.42. The fraction of sp³-hybridized carbons (Fsp3) is 0.409. The Morgan fingerprint density at radius 1 is 0.929 bits per heavy atom. The van der Waals surface area contributed by atoms with Crippen molar-refractivity contribution in [3.05, 3.63) is 58.7 Å². The Bertz CT molecular complexity index is 977. The minimum Gasteiger partial charge on any atom is -0.349 e.